The van der Waals surface area contributed by atoms with Crippen LogP contribution in [0.5, 0.6) is 0 Å². The minimum atomic E-state index is 0.173. The van der Waals surface area contributed by atoms with Crippen LogP contribution in [0.2, 0.25) is 0 Å². The maximum atomic E-state index is 2.51. The summed E-state index contributed by atoms with van der Waals surface area (Å²) in [6.07, 6.45) is 0. The number of benzene rings is 12. The summed E-state index contributed by atoms with van der Waals surface area (Å²) < 4.78 is 5.35. The van der Waals surface area contributed by atoms with E-state index in [4.69, 9.17) is 0 Å². The summed E-state index contributed by atoms with van der Waals surface area (Å²) in [6.45, 7) is 0. The average Bonchev–Trinajstić information content (AvgIpc) is 3.93. The van der Waals surface area contributed by atoms with E-state index in [1.165, 1.54) is 129 Å². The fourth-order valence-corrected chi connectivity index (χ4v) is 13.6. The van der Waals surface area contributed by atoms with E-state index in [-0.39, 0.29) is 14.5 Å². The zero-order valence-corrected chi connectivity index (χ0v) is 37.6. The van der Waals surface area contributed by atoms with Crippen molar-refractivity contribution in [2.75, 3.05) is 0 Å². The molecule has 0 aliphatic heterocycles. The van der Waals surface area contributed by atoms with Gasteiger partial charge in [-0.3, -0.25) is 0 Å². The number of nitrogens with zero attached hydrogens (tertiary/aromatic N) is 1. The van der Waals surface area contributed by atoms with Crippen molar-refractivity contribution >= 4 is 98.7 Å². The van der Waals surface area contributed by atoms with Gasteiger partial charge in [-0.2, -0.15) is 0 Å². The van der Waals surface area contributed by atoms with Crippen LogP contribution in [0, 0.1) is 0 Å². The van der Waals surface area contributed by atoms with Crippen molar-refractivity contribution in [3.05, 3.63) is 237 Å². The number of aromatic nitrogens is 1. The van der Waals surface area contributed by atoms with Crippen LogP contribution in [0.1, 0.15) is 0 Å². The summed E-state index contributed by atoms with van der Waals surface area (Å²) in [4.78, 5) is 0. The van der Waals surface area contributed by atoms with Crippen molar-refractivity contribution in [3.63, 3.8) is 0 Å². The molecular weight excluding hydrogens is 862 g/mol. The van der Waals surface area contributed by atoms with E-state index in [1.54, 1.807) is 0 Å². The molecule has 0 N–H and O–H groups in total. The second-order valence-corrected chi connectivity index (χ2v) is 19.7. The number of fused-ring (bicyclic) bond motifs is 10. The van der Waals surface area contributed by atoms with E-state index in [9.17, 15) is 0 Å². The van der Waals surface area contributed by atoms with Gasteiger partial charge < -0.3 is 0 Å². The molecule has 0 amide bonds. The first-order valence-electron chi connectivity index (χ1n) is 22.8. The molecule has 0 aliphatic rings. The number of rotatable bonds is 5. The van der Waals surface area contributed by atoms with Crippen LogP contribution in [0.25, 0.3) is 134 Å². The van der Waals surface area contributed by atoms with Crippen molar-refractivity contribution in [1.82, 2.24) is 4.57 Å². The van der Waals surface area contributed by atoms with Gasteiger partial charge in [0, 0.05) is 0 Å². The van der Waals surface area contributed by atoms with Crippen LogP contribution >= 0.6 is 0 Å². The van der Waals surface area contributed by atoms with Gasteiger partial charge in [-0.1, -0.05) is 30.3 Å². The van der Waals surface area contributed by atoms with Gasteiger partial charge in [0.05, 0.1) is 0 Å². The van der Waals surface area contributed by atoms with E-state index >= 15 is 0 Å². The molecule has 0 aliphatic carbocycles. The number of hydrogen-bond acceptors (Lipinski definition) is 0. The molecular formula is C64H39NSe. The molecule has 0 saturated heterocycles. The molecule has 12 aromatic carbocycles. The van der Waals surface area contributed by atoms with E-state index < -0.39 is 0 Å². The quantitative estimate of drug-likeness (QED) is 0.120. The number of hydrogen-bond donors (Lipinski definition) is 0. The molecule has 0 spiro atoms. The summed E-state index contributed by atoms with van der Waals surface area (Å²) in [6, 6.07) is 88.1. The fourth-order valence-electron chi connectivity index (χ4n) is 11.2. The van der Waals surface area contributed by atoms with Crippen molar-refractivity contribution in [3.8, 4) is 50.2 Å². The van der Waals surface area contributed by atoms with Gasteiger partial charge in [0.2, 0.25) is 0 Å². The molecule has 1 nitrogen and oxygen atoms in total. The molecule has 0 fully saturated rings. The third-order valence-electron chi connectivity index (χ3n) is 14.0. The molecule has 0 bridgehead atoms. The molecule has 0 atom stereocenters. The zero-order valence-electron chi connectivity index (χ0n) is 35.9. The third kappa shape index (κ3) is 5.53. The summed E-state index contributed by atoms with van der Waals surface area (Å²) in [5.74, 6) is 0. The van der Waals surface area contributed by atoms with Gasteiger partial charge in [0.25, 0.3) is 0 Å². The zero-order chi connectivity index (χ0) is 43.3. The molecule has 2 aromatic heterocycles. The standard InChI is InChI=1S/C64H39NSe/c1-3-18-40(19-4-1)60-46-23-7-9-25-48(46)61(49-26-10-8-24-47(49)60)41-35-37-58-56(38-41)45-36-34-42(39-59(45)66-58)62-50-27-11-13-29-52(50)63(53-30-14-12-28-51(53)62)55-32-17-31-54-44-22-15-16-33-57(44)65(64(54)55)43-20-5-2-6-21-43/h1-39H. The molecule has 306 valence electrons. The predicted molar refractivity (Wildman–Crippen MR) is 285 cm³/mol. The second kappa shape index (κ2) is 14.8. The Balaban J connectivity index is 0.975. The van der Waals surface area contributed by atoms with Crippen LogP contribution < -0.4 is 0 Å². The van der Waals surface area contributed by atoms with Gasteiger partial charge in [-0.25, -0.2) is 0 Å². The molecule has 0 radical (unpaired) electrons. The van der Waals surface area contributed by atoms with Crippen LogP contribution in [-0.4, -0.2) is 19.1 Å². The summed E-state index contributed by atoms with van der Waals surface area (Å²) >= 11 is 0.173. The molecule has 14 rings (SSSR count). The molecule has 2 heterocycles. The Morgan fingerprint density at radius 1 is 0.258 bits per heavy atom. The topological polar surface area (TPSA) is 4.93 Å². The van der Waals surface area contributed by atoms with E-state index in [0.717, 1.165) is 5.69 Å². The van der Waals surface area contributed by atoms with E-state index in [1.807, 2.05) is 0 Å². The Morgan fingerprint density at radius 3 is 1.30 bits per heavy atom. The van der Waals surface area contributed by atoms with Crippen LogP contribution in [0.15, 0.2) is 237 Å². The summed E-state index contributed by atoms with van der Waals surface area (Å²) in [5.41, 5.74) is 13.8. The molecule has 14 aromatic rings. The fraction of sp³-hybridized carbons (Fsp3) is 0. The minimum absolute atomic E-state index is 0.173. The first kappa shape index (κ1) is 37.4. The normalized spacial score (nSPS) is 11.9. The third-order valence-corrected chi connectivity index (χ3v) is 16.3. The van der Waals surface area contributed by atoms with E-state index in [0.29, 0.717) is 0 Å². The first-order valence-corrected chi connectivity index (χ1v) is 24.5. The van der Waals surface area contributed by atoms with Gasteiger partial charge in [-0.05, 0) is 0 Å². The van der Waals surface area contributed by atoms with Crippen molar-refractivity contribution in [2.45, 2.75) is 0 Å². The van der Waals surface area contributed by atoms with Gasteiger partial charge in [-0.15, -0.1) is 0 Å². The first-order chi connectivity index (χ1) is 32.8. The monoisotopic (exact) mass is 901 g/mol. The summed E-state index contributed by atoms with van der Waals surface area (Å²) in [7, 11) is 0. The second-order valence-electron chi connectivity index (χ2n) is 17.5. The van der Waals surface area contributed by atoms with Crippen LogP contribution in [0.3, 0.4) is 0 Å². The number of para-hydroxylation sites is 3. The van der Waals surface area contributed by atoms with Crippen molar-refractivity contribution in [2.24, 2.45) is 0 Å². The molecule has 66 heavy (non-hydrogen) atoms. The van der Waals surface area contributed by atoms with Gasteiger partial charge >= 0.3 is 360 Å². The maximum absolute atomic E-state index is 2.51. The Hall–Kier alpha value is -8.00. The molecule has 2 heteroatoms. The van der Waals surface area contributed by atoms with E-state index in [2.05, 4.69) is 241 Å². The SMILES string of the molecule is c1ccc(-c2c3ccccc3c(-c3ccc4[se]c5cc(-c6c7ccccc7c(-c7cccc8c9ccccc9n(-c9ccccc9)c78)c7ccccc67)ccc5c4c3)c3ccccc23)cc1. The Morgan fingerprint density at radius 2 is 0.712 bits per heavy atom. The van der Waals surface area contributed by atoms with Crippen LogP contribution in [-0.2, 0) is 0 Å². The van der Waals surface area contributed by atoms with Gasteiger partial charge in [0.1, 0.15) is 0 Å². The molecule has 0 unspecified atom stereocenters. The van der Waals surface area contributed by atoms with Gasteiger partial charge in [0.15, 0.2) is 0 Å². The Labute approximate surface area is 387 Å². The predicted octanol–water partition coefficient (Wildman–Crippen LogP) is 17.4. The summed E-state index contributed by atoms with van der Waals surface area (Å²) in [5, 5.41) is 15.5. The average molecular weight is 901 g/mol. The Kier molecular flexibility index (Phi) is 8.37. The van der Waals surface area contributed by atoms with Crippen molar-refractivity contribution in [1.29, 1.82) is 0 Å². The Bertz CT molecular complexity index is 4160. The van der Waals surface area contributed by atoms with Crippen molar-refractivity contribution < 1.29 is 0 Å². The molecule has 0 saturated carbocycles. The van der Waals surface area contributed by atoms with Crippen LogP contribution in [0.4, 0.5) is 0 Å².